The van der Waals surface area contributed by atoms with Gasteiger partial charge in [0.15, 0.2) is 0 Å². The fraction of sp³-hybridized carbons (Fsp3) is 0.536. The maximum Gasteiger partial charge on any atom is 0.246 e. The average Bonchev–Trinajstić information content (AvgIpc) is 3.28. The van der Waals surface area contributed by atoms with Crippen molar-refractivity contribution in [3.05, 3.63) is 40.5 Å². The number of hydrogen-bond donors (Lipinski definition) is 2. The van der Waals surface area contributed by atoms with Crippen LogP contribution in [-0.4, -0.2) is 46.2 Å². The highest BCUT2D eigenvalue weighted by atomic mass is 32.1. The van der Waals surface area contributed by atoms with Crippen molar-refractivity contribution in [1.29, 1.82) is 5.26 Å². The SMILES string of the molecule is Cc1cc(-c2scnc2C)ccc1CNC(=O)[C@@H]1CCCN1C(=O)C(NC(=O)C1(C#N)CC1)C(C)(C)C. The number of nitrogens with zero attached hydrogens (tertiary/aromatic N) is 3. The van der Waals surface area contributed by atoms with E-state index >= 15 is 0 Å². The maximum absolute atomic E-state index is 13.6. The predicted molar refractivity (Wildman–Crippen MR) is 142 cm³/mol. The molecule has 2 fully saturated rings. The molecule has 1 aliphatic carbocycles. The topological polar surface area (TPSA) is 115 Å². The Morgan fingerprint density at radius 1 is 1.27 bits per heavy atom. The van der Waals surface area contributed by atoms with Crippen LogP contribution in [0, 0.1) is 36.0 Å². The first-order valence-electron chi connectivity index (χ1n) is 12.8. The molecule has 0 radical (unpaired) electrons. The van der Waals surface area contributed by atoms with Crippen molar-refractivity contribution in [1.82, 2.24) is 20.5 Å². The Labute approximate surface area is 222 Å². The standard InChI is InChI=1S/C28H35N5O3S/c1-17-13-19(22-18(2)31-16-37-22)8-9-20(17)14-30-24(34)21-7-6-12-33(21)25(35)23(27(3,4)5)32-26(36)28(15-29)10-11-28/h8-9,13,16,21,23H,6-7,10-12,14H2,1-5H3,(H,30,34)(H,32,36)/t21-,23?/m0/s1. The number of nitriles is 1. The van der Waals surface area contributed by atoms with Crippen molar-refractivity contribution in [2.75, 3.05) is 6.54 Å². The summed E-state index contributed by atoms with van der Waals surface area (Å²) in [6.45, 7) is 10.5. The van der Waals surface area contributed by atoms with Crippen LogP contribution in [0.5, 0.6) is 0 Å². The quantitative estimate of drug-likeness (QED) is 0.574. The molecule has 0 bridgehead atoms. The first-order valence-corrected chi connectivity index (χ1v) is 13.7. The summed E-state index contributed by atoms with van der Waals surface area (Å²) < 4.78 is 0. The van der Waals surface area contributed by atoms with E-state index in [4.69, 9.17) is 0 Å². The summed E-state index contributed by atoms with van der Waals surface area (Å²) in [7, 11) is 0. The summed E-state index contributed by atoms with van der Waals surface area (Å²) in [6, 6.07) is 6.87. The first-order chi connectivity index (χ1) is 17.5. The summed E-state index contributed by atoms with van der Waals surface area (Å²) in [5.74, 6) is -0.856. The molecule has 8 nitrogen and oxygen atoms in total. The third kappa shape index (κ3) is 5.54. The largest absolute Gasteiger partial charge is 0.350 e. The summed E-state index contributed by atoms with van der Waals surface area (Å²) >= 11 is 1.61. The molecule has 9 heteroatoms. The first kappa shape index (κ1) is 26.8. The number of rotatable bonds is 7. The highest BCUT2D eigenvalue weighted by Crippen LogP contribution is 2.45. The second-order valence-electron chi connectivity index (χ2n) is 11.3. The minimum absolute atomic E-state index is 0.192. The van der Waals surface area contributed by atoms with Gasteiger partial charge in [-0.25, -0.2) is 4.98 Å². The zero-order chi connectivity index (χ0) is 27.0. The smallest absolute Gasteiger partial charge is 0.246 e. The number of thiazole rings is 1. The van der Waals surface area contributed by atoms with E-state index < -0.39 is 28.8 Å². The predicted octanol–water partition coefficient (Wildman–Crippen LogP) is 3.87. The summed E-state index contributed by atoms with van der Waals surface area (Å²) in [6.07, 6.45) is 2.32. The lowest BCUT2D eigenvalue weighted by Crippen LogP contribution is -2.58. The van der Waals surface area contributed by atoms with Gasteiger partial charge in [-0.15, -0.1) is 11.3 Å². The molecule has 196 valence electrons. The number of benzene rings is 1. The summed E-state index contributed by atoms with van der Waals surface area (Å²) in [4.78, 5) is 46.7. The van der Waals surface area contributed by atoms with Gasteiger partial charge in [-0.2, -0.15) is 5.26 Å². The number of aryl methyl sites for hydroxylation is 2. The lowest BCUT2D eigenvalue weighted by atomic mass is 9.85. The van der Waals surface area contributed by atoms with Gasteiger partial charge in [0, 0.05) is 13.1 Å². The molecular formula is C28H35N5O3S. The highest BCUT2D eigenvalue weighted by molar-refractivity contribution is 7.13. The molecule has 2 aliphatic rings. The van der Waals surface area contributed by atoms with Crippen LogP contribution < -0.4 is 10.6 Å². The maximum atomic E-state index is 13.6. The van der Waals surface area contributed by atoms with Crippen molar-refractivity contribution in [2.24, 2.45) is 10.8 Å². The average molecular weight is 522 g/mol. The summed E-state index contributed by atoms with van der Waals surface area (Å²) in [5, 5.41) is 15.3. The zero-order valence-electron chi connectivity index (χ0n) is 22.2. The van der Waals surface area contributed by atoms with Gasteiger partial charge in [0.05, 0.1) is 22.2 Å². The molecule has 0 spiro atoms. The fourth-order valence-electron chi connectivity index (χ4n) is 4.82. The van der Waals surface area contributed by atoms with Crippen LogP contribution in [-0.2, 0) is 20.9 Å². The second kappa shape index (κ2) is 10.3. The molecule has 1 aromatic heterocycles. The van der Waals surface area contributed by atoms with Crippen LogP contribution in [0.3, 0.4) is 0 Å². The van der Waals surface area contributed by atoms with E-state index in [2.05, 4.69) is 27.8 Å². The van der Waals surface area contributed by atoms with E-state index in [1.54, 1.807) is 16.2 Å². The summed E-state index contributed by atoms with van der Waals surface area (Å²) in [5.41, 5.74) is 4.45. The molecule has 2 atom stereocenters. The zero-order valence-corrected chi connectivity index (χ0v) is 23.0. The van der Waals surface area contributed by atoms with Crippen LogP contribution >= 0.6 is 11.3 Å². The molecule has 4 rings (SSSR count). The van der Waals surface area contributed by atoms with E-state index in [0.29, 0.717) is 32.4 Å². The minimum Gasteiger partial charge on any atom is -0.350 e. The molecule has 1 unspecified atom stereocenters. The number of hydrogen-bond acceptors (Lipinski definition) is 6. The molecule has 1 saturated carbocycles. The van der Waals surface area contributed by atoms with E-state index in [1.165, 1.54) is 0 Å². The molecular weight excluding hydrogens is 486 g/mol. The van der Waals surface area contributed by atoms with Crippen LogP contribution in [0.2, 0.25) is 0 Å². The third-order valence-electron chi connectivity index (χ3n) is 7.43. The van der Waals surface area contributed by atoms with Crippen molar-refractivity contribution in [3.63, 3.8) is 0 Å². The third-order valence-corrected chi connectivity index (χ3v) is 8.41. The van der Waals surface area contributed by atoms with E-state index in [9.17, 15) is 19.6 Å². The molecule has 2 N–H and O–H groups in total. The van der Waals surface area contributed by atoms with Gasteiger partial charge in [0.2, 0.25) is 17.7 Å². The number of likely N-dealkylation sites (tertiary alicyclic amines) is 1. The lowest BCUT2D eigenvalue weighted by molar-refractivity contribution is -0.144. The Morgan fingerprint density at radius 2 is 2.00 bits per heavy atom. The normalized spacial score (nSPS) is 19.1. The van der Waals surface area contributed by atoms with Crippen molar-refractivity contribution in [3.8, 4) is 16.5 Å². The van der Waals surface area contributed by atoms with E-state index in [-0.39, 0.29) is 11.8 Å². The van der Waals surface area contributed by atoms with Crippen molar-refractivity contribution < 1.29 is 14.4 Å². The molecule has 2 heterocycles. The van der Waals surface area contributed by atoms with Gasteiger partial charge in [-0.1, -0.05) is 39.0 Å². The van der Waals surface area contributed by atoms with Gasteiger partial charge >= 0.3 is 0 Å². The number of carbonyl (C=O) groups is 3. The minimum atomic E-state index is -1.02. The van der Waals surface area contributed by atoms with Gasteiger partial charge in [0.25, 0.3) is 0 Å². The van der Waals surface area contributed by atoms with Crippen LogP contribution in [0.15, 0.2) is 23.7 Å². The van der Waals surface area contributed by atoms with Crippen LogP contribution in [0.4, 0.5) is 0 Å². The monoisotopic (exact) mass is 521 g/mol. The molecule has 2 aromatic rings. The molecule has 37 heavy (non-hydrogen) atoms. The van der Waals surface area contributed by atoms with Gasteiger partial charge < -0.3 is 15.5 Å². The Morgan fingerprint density at radius 3 is 2.57 bits per heavy atom. The van der Waals surface area contributed by atoms with Crippen LogP contribution in [0.1, 0.15) is 63.3 Å². The van der Waals surface area contributed by atoms with Crippen LogP contribution in [0.25, 0.3) is 10.4 Å². The molecule has 1 aliphatic heterocycles. The number of nitrogens with one attached hydrogen (secondary N) is 2. The van der Waals surface area contributed by atoms with E-state index in [1.807, 2.05) is 52.3 Å². The number of amides is 3. The highest BCUT2D eigenvalue weighted by Gasteiger charge is 2.53. The van der Waals surface area contributed by atoms with Gasteiger partial charge in [-0.05, 0) is 61.6 Å². The van der Waals surface area contributed by atoms with Crippen molar-refractivity contribution >= 4 is 29.1 Å². The van der Waals surface area contributed by atoms with Gasteiger partial charge in [0.1, 0.15) is 17.5 Å². The Balaban J connectivity index is 1.42. The lowest BCUT2D eigenvalue weighted by Gasteiger charge is -2.35. The molecule has 1 saturated heterocycles. The molecule has 1 aromatic carbocycles. The Hall–Kier alpha value is -3.25. The molecule has 3 amide bonds. The Kier molecular flexibility index (Phi) is 7.43. The Bertz CT molecular complexity index is 1250. The van der Waals surface area contributed by atoms with E-state index in [0.717, 1.165) is 33.7 Å². The fourth-order valence-corrected chi connectivity index (χ4v) is 5.62. The van der Waals surface area contributed by atoms with Gasteiger partial charge in [-0.3, -0.25) is 14.4 Å². The number of carbonyl (C=O) groups excluding carboxylic acids is 3. The van der Waals surface area contributed by atoms with Crippen molar-refractivity contribution in [2.45, 2.75) is 78.9 Å². The second-order valence-corrected chi connectivity index (χ2v) is 12.1. The number of aromatic nitrogens is 1.